The van der Waals surface area contributed by atoms with Gasteiger partial charge in [0.15, 0.2) is 0 Å². The lowest BCUT2D eigenvalue weighted by atomic mass is 9.81. The number of aliphatic hydroxyl groups is 3. The average Bonchev–Trinajstić information content (AvgIpc) is 3.63. The van der Waals surface area contributed by atoms with E-state index >= 15 is 0 Å². The molecule has 6 atom stereocenters. The van der Waals surface area contributed by atoms with E-state index < -0.39 is 41.1 Å². The van der Waals surface area contributed by atoms with Gasteiger partial charge in [0.1, 0.15) is 29.0 Å². The molecule has 1 unspecified atom stereocenters. The van der Waals surface area contributed by atoms with Crippen molar-refractivity contribution in [1.82, 2.24) is 15.4 Å². The molecule has 0 spiro atoms. The second-order valence-electron chi connectivity index (χ2n) is 15.1. The summed E-state index contributed by atoms with van der Waals surface area (Å²) in [5.41, 5.74) is 0.424. The summed E-state index contributed by atoms with van der Waals surface area (Å²) in [4.78, 5) is 36.5. The summed E-state index contributed by atoms with van der Waals surface area (Å²) in [6.07, 6.45) is 4.23. The Morgan fingerprint density at radius 1 is 0.672 bits per heavy atom. The SMILES string of the molecule is C=C(NCCOCCOCCCCC[C@H]1O[C@H](CO)[C@H](O)[C@H](O)[C@H]1CCCC(C)=O)NCCOCCOCCOCCOCCOCCNS(=O)c1ccc(N2C(=O)C=CC2=O)cc1. The van der Waals surface area contributed by atoms with E-state index in [9.17, 15) is 33.9 Å². The molecule has 364 valence electrons. The second-order valence-corrected chi connectivity index (χ2v) is 16.4. The van der Waals surface area contributed by atoms with Crippen LogP contribution in [0.3, 0.4) is 0 Å². The molecule has 1 fully saturated rings. The minimum absolute atomic E-state index is 0.0960. The monoisotopic (exact) mass is 928 g/mol. The van der Waals surface area contributed by atoms with Crippen molar-refractivity contribution in [3.8, 4) is 0 Å². The Bertz CT molecular complexity index is 1510. The van der Waals surface area contributed by atoms with Crippen LogP contribution in [0.15, 0.2) is 53.7 Å². The van der Waals surface area contributed by atoms with Gasteiger partial charge in [0, 0.05) is 50.7 Å². The van der Waals surface area contributed by atoms with Gasteiger partial charge in [0.05, 0.1) is 121 Å². The van der Waals surface area contributed by atoms with Crippen molar-refractivity contribution in [2.75, 3.05) is 124 Å². The fourth-order valence-electron chi connectivity index (χ4n) is 6.78. The van der Waals surface area contributed by atoms with Crippen molar-refractivity contribution in [2.24, 2.45) is 5.92 Å². The molecule has 64 heavy (non-hydrogen) atoms. The summed E-state index contributed by atoms with van der Waals surface area (Å²) in [7, 11) is -1.46. The smallest absolute Gasteiger partial charge is 0.258 e. The molecule has 19 nitrogen and oxygen atoms in total. The topological polar surface area (TPSA) is 242 Å². The highest BCUT2D eigenvalue weighted by atomic mass is 32.2. The minimum Gasteiger partial charge on any atom is -0.394 e. The average molecular weight is 929 g/mol. The molecule has 0 aromatic heterocycles. The third-order valence-corrected chi connectivity index (χ3v) is 11.3. The molecule has 1 aromatic carbocycles. The van der Waals surface area contributed by atoms with Gasteiger partial charge in [-0.15, -0.1) is 0 Å². The molecule has 3 rings (SSSR count). The lowest BCUT2D eigenvalue weighted by Crippen LogP contribution is -2.55. The van der Waals surface area contributed by atoms with Crippen molar-refractivity contribution in [3.63, 3.8) is 0 Å². The van der Waals surface area contributed by atoms with Gasteiger partial charge in [0.2, 0.25) is 0 Å². The van der Waals surface area contributed by atoms with E-state index in [1.807, 2.05) is 0 Å². The number of hydrogen-bond donors (Lipinski definition) is 6. The molecule has 6 N–H and O–H groups in total. The number of ether oxygens (including phenoxy) is 8. The van der Waals surface area contributed by atoms with Crippen LogP contribution in [-0.4, -0.2) is 180 Å². The Hall–Kier alpha value is -3.22. The molecule has 1 aromatic rings. The molecule has 2 aliphatic rings. The first-order valence-electron chi connectivity index (χ1n) is 22.3. The predicted octanol–water partition coefficient (Wildman–Crippen LogP) is 0.912. The van der Waals surface area contributed by atoms with Crippen LogP contribution in [-0.2, 0) is 63.3 Å². The summed E-state index contributed by atoms with van der Waals surface area (Å²) >= 11 is 0. The largest absolute Gasteiger partial charge is 0.394 e. The van der Waals surface area contributed by atoms with Crippen molar-refractivity contribution in [2.45, 2.75) is 81.2 Å². The van der Waals surface area contributed by atoms with E-state index in [0.29, 0.717) is 154 Å². The fourth-order valence-corrected chi connectivity index (χ4v) is 7.60. The quantitative estimate of drug-likeness (QED) is 0.0396. The second kappa shape index (κ2) is 34.1. The zero-order valence-electron chi connectivity index (χ0n) is 37.3. The number of unbranched alkanes of at least 4 members (excludes halogenated alkanes) is 2. The lowest BCUT2D eigenvalue weighted by Gasteiger charge is -2.43. The third kappa shape index (κ3) is 22.8. The summed E-state index contributed by atoms with van der Waals surface area (Å²) < 4.78 is 60.2. The van der Waals surface area contributed by atoms with Crippen LogP contribution in [0.2, 0.25) is 0 Å². The van der Waals surface area contributed by atoms with Gasteiger partial charge in [-0.3, -0.25) is 9.59 Å². The highest BCUT2D eigenvalue weighted by Gasteiger charge is 2.43. The number of nitrogens with one attached hydrogen (secondary N) is 3. The molecule has 0 aliphatic carbocycles. The normalized spacial score (nSPS) is 20.2. The zero-order valence-corrected chi connectivity index (χ0v) is 38.1. The van der Waals surface area contributed by atoms with Crippen molar-refractivity contribution >= 4 is 34.3 Å². The number of imide groups is 1. The third-order valence-electron chi connectivity index (χ3n) is 10.1. The number of benzene rings is 1. The van der Waals surface area contributed by atoms with Gasteiger partial charge in [-0.2, -0.15) is 0 Å². The first-order valence-corrected chi connectivity index (χ1v) is 23.4. The molecule has 2 heterocycles. The molecular formula is C44H72N4O15S. The van der Waals surface area contributed by atoms with Crippen molar-refractivity contribution < 1.29 is 71.8 Å². The number of Topliss-reactive ketones (excluding diaryl/α,β-unsaturated/α-hetero) is 1. The van der Waals surface area contributed by atoms with Gasteiger partial charge >= 0.3 is 0 Å². The minimum atomic E-state index is -1.46. The Kier molecular flexibility index (Phi) is 29.4. The van der Waals surface area contributed by atoms with E-state index in [0.717, 1.165) is 24.2 Å². The maximum Gasteiger partial charge on any atom is 0.258 e. The highest BCUT2D eigenvalue weighted by molar-refractivity contribution is 7.83. The van der Waals surface area contributed by atoms with E-state index in [4.69, 9.17) is 37.9 Å². The summed E-state index contributed by atoms with van der Waals surface area (Å²) in [6, 6.07) is 6.37. The number of rotatable bonds is 40. The summed E-state index contributed by atoms with van der Waals surface area (Å²) in [5.74, 6) is -0.297. The van der Waals surface area contributed by atoms with E-state index in [-0.39, 0.29) is 24.4 Å². The number of amides is 2. The van der Waals surface area contributed by atoms with Crippen LogP contribution in [0.25, 0.3) is 0 Å². The van der Waals surface area contributed by atoms with Crippen LogP contribution in [0.1, 0.15) is 51.9 Å². The molecule has 20 heteroatoms. The van der Waals surface area contributed by atoms with Crippen LogP contribution < -0.4 is 20.3 Å². The Labute approximate surface area is 380 Å². The van der Waals surface area contributed by atoms with E-state index in [2.05, 4.69) is 21.9 Å². The van der Waals surface area contributed by atoms with E-state index in [1.54, 1.807) is 31.2 Å². The van der Waals surface area contributed by atoms with Gasteiger partial charge in [0.25, 0.3) is 11.8 Å². The van der Waals surface area contributed by atoms with Gasteiger partial charge < -0.3 is 68.6 Å². The van der Waals surface area contributed by atoms with Crippen LogP contribution in [0.4, 0.5) is 5.69 Å². The number of aliphatic hydroxyl groups excluding tert-OH is 3. The Balaban J connectivity index is 0.995. The van der Waals surface area contributed by atoms with E-state index in [1.165, 1.54) is 12.2 Å². The van der Waals surface area contributed by atoms with Crippen molar-refractivity contribution in [3.05, 3.63) is 48.8 Å². The Morgan fingerprint density at radius 2 is 1.17 bits per heavy atom. The van der Waals surface area contributed by atoms with Gasteiger partial charge in [-0.1, -0.05) is 19.4 Å². The number of nitrogens with zero attached hydrogens (tertiary/aromatic N) is 1. The van der Waals surface area contributed by atoms with Gasteiger partial charge in [-0.25, -0.2) is 13.8 Å². The lowest BCUT2D eigenvalue weighted by molar-refractivity contribution is -0.212. The maximum absolute atomic E-state index is 12.4. The first-order chi connectivity index (χ1) is 31.1. The number of carbonyl (C=O) groups is 3. The molecule has 2 aliphatic heterocycles. The number of carbonyl (C=O) groups excluding carboxylic acids is 3. The number of ketones is 1. The summed E-state index contributed by atoms with van der Waals surface area (Å²) in [5, 5.41) is 36.8. The van der Waals surface area contributed by atoms with Gasteiger partial charge in [-0.05, 0) is 56.9 Å². The van der Waals surface area contributed by atoms with Crippen molar-refractivity contribution in [1.29, 1.82) is 0 Å². The number of anilines is 1. The molecule has 0 bridgehead atoms. The molecule has 0 radical (unpaired) electrons. The van der Waals surface area contributed by atoms with Crippen LogP contribution in [0.5, 0.6) is 0 Å². The van der Waals surface area contributed by atoms with Crippen LogP contribution in [0, 0.1) is 5.92 Å². The maximum atomic E-state index is 12.4. The molecule has 1 saturated heterocycles. The highest BCUT2D eigenvalue weighted by Crippen LogP contribution is 2.33. The molecule has 2 amide bonds. The Morgan fingerprint density at radius 3 is 1.69 bits per heavy atom. The molecule has 0 saturated carbocycles. The predicted molar refractivity (Wildman–Crippen MR) is 238 cm³/mol. The first kappa shape index (κ1) is 55.1. The fraction of sp³-hybridized carbons (Fsp3) is 0.705. The van der Waals surface area contributed by atoms with Crippen LogP contribution >= 0.6 is 0 Å². The standard InChI is InChI=1S/C44H72N4O15S/c1-34(50)7-6-8-38-39(63-40(33-49)44(54)43(38)53)9-4-3-5-19-56-23-24-57-20-16-45-35(2)46-17-21-58-25-27-60-29-31-62-32-30-61-28-26-59-22-18-47-64(55)37-12-10-36(11-13-37)48-41(51)14-15-42(48)52/h10-15,38-40,43-47,49,53-54H,2-9,16-33H2,1H3/t38-,39+,40+,43+,44-,64?/m0/s1. The zero-order chi connectivity index (χ0) is 46.2. The summed E-state index contributed by atoms with van der Waals surface area (Å²) in [6.45, 7) is 13.1. The number of hydrogen-bond acceptors (Lipinski definition) is 17. The molecular weight excluding hydrogens is 857 g/mol.